The lowest BCUT2D eigenvalue weighted by Gasteiger charge is -2.62. The van der Waals surface area contributed by atoms with Crippen molar-refractivity contribution in [3.63, 3.8) is 0 Å². The van der Waals surface area contributed by atoms with Gasteiger partial charge in [0, 0.05) is 91.3 Å². The Balaban J connectivity index is 0.000000142. The van der Waals surface area contributed by atoms with Crippen molar-refractivity contribution in [1.29, 1.82) is 0 Å². The lowest BCUT2D eigenvalue weighted by atomic mass is 9.72. The quantitative estimate of drug-likeness (QED) is 0.0881. The number of fused-ring (bicyclic) bond motifs is 22. The molecule has 0 aliphatic carbocycles. The van der Waals surface area contributed by atoms with E-state index in [1.807, 2.05) is 58.3 Å². The molecule has 14 aliphatic rings. The predicted octanol–water partition coefficient (Wildman–Crippen LogP) is 9.97. The Kier molecular flexibility index (Phi) is 15.1. The fraction of sp³-hybridized carbons (Fsp3) is 0.468. The van der Waals surface area contributed by atoms with Gasteiger partial charge in [0.25, 0.3) is 0 Å². The van der Waals surface area contributed by atoms with Crippen molar-refractivity contribution < 1.29 is 76.7 Å². The molecule has 538 valence electrons. The SMILES string of the molecule is COc1c(C)cc2c(c1O)[C@@H]1[C@@H]3[C@@H]4SC[C@]5(NCCc6c5oc5ccc(C)cc65)C(=O)OC[C@@H](c5c6c(c(C)c(C)c54)OCO6)N3[C@@H](O)[C@H](C2)N1C.COc1c(C)cc2c(c1O)[C@@H]1[C@@H]3[C@@H]4SC[C@]5(NCCc6c5oc5ccccc65)C(=O)OC[C@@H](c5c6c(c(C)c(C)c54)OCO6)N3[C@@H](O)[C@H](C2)N1C. The van der Waals surface area contributed by atoms with Gasteiger partial charge in [-0.25, -0.2) is 9.59 Å². The van der Waals surface area contributed by atoms with Gasteiger partial charge in [0.05, 0.1) is 50.5 Å². The van der Waals surface area contributed by atoms with Gasteiger partial charge in [-0.1, -0.05) is 42.0 Å². The second-order valence-electron chi connectivity index (χ2n) is 30.2. The number of hydrogen-bond donors (Lipinski definition) is 6. The number of rotatable bonds is 2. The Hall–Kier alpha value is -7.88. The van der Waals surface area contributed by atoms with E-state index in [0.717, 1.165) is 129 Å². The van der Waals surface area contributed by atoms with E-state index in [1.165, 1.54) is 0 Å². The lowest BCUT2D eigenvalue weighted by Crippen LogP contribution is -2.70. The van der Waals surface area contributed by atoms with Crippen molar-refractivity contribution >= 4 is 57.4 Å². The van der Waals surface area contributed by atoms with E-state index in [1.54, 1.807) is 37.7 Å². The van der Waals surface area contributed by atoms with Crippen LogP contribution in [0.5, 0.6) is 46.0 Å². The molecule has 22 nitrogen and oxygen atoms in total. The number of phenolic OH excluding ortho intramolecular Hbond substituents is 2. The molecule has 14 atom stereocenters. The Labute approximate surface area is 604 Å². The van der Waals surface area contributed by atoms with Crippen LogP contribution in [0.2, 0.25) is 0 Å². The largest absolute Gasteiger partial charge is 0.504 e. The van der Waals surface area contributed by atoms with Crippen LogP contribution in [-0.4, -0.2) is 168 Å². The molecule has 14 aliphatic heterocycles. The van der Waals surface area contributed by atoms with Crippen LogP contribution in [0, 0.1) is 48.5 Å². The number of nitrogens with zero attached hydrogens (tertiary/aromatic N) is 4. The third-order valence-corrected chi connectivity index (χ3v) is 28.4. The number of esters is 2. The monoisotopic (exact) mass is 1440 g/mol. The molecule has 0 saturated carbocycles. The zero-order chi connectivity index (χ0) is 71.0. The van der Waals surface area contributed by atoms with E-state index in [4.69, 9.17) is 46.7 Å². The number of piperazine rings is 2. The number of carbonyl (C=O) groups is 2. The number of aromatic hydroxyl groups is 2. The van der Waals surface area contributed by atoms with Crippen molar-refractivity contribution in [3.8, 4) is 46.0 Å². The van der Waals surface area contributed by atoms with Crippen LogP contribution in [0.25, 0.3) is 21.9 Å². The number of furan rings is 2. The summed E-state index contributed by atoms with van der Waals surface area (Å²) in [4.78, 5) is 38.1. The molecule has 6 N–H and O–H groups in total. The zero-order valence-corrected chi connectivity index (χ0v) is 61.0. The van der Waals surface area contributed by atoms with Crippen molar-refractivity contribution in [3.05, 3.63) is 161 Å². The van der Waals surface area contributed by atoms with E-state index in [-0.39, 0.29) is 85.0 Å². The smallest absolute Gasteiger partial charge is 0.335 e. The number of nitrogens with one attached hydrogen (secondary N) is 2. The highest BCUT2D eigenvalue weighted by atomic mass is 32.2. The molecule has 4 fully saturated rings. The number of ether oxygens (including phenoxy) is 8. The molecule has 2 spiro atoms. The number of phenols is 2. The van der Waals surface area contributed by atoms with Crippen LogP contribution in [0.15, 0.2) is 63.4 Å². The molecule has 103 heavy (non-hydrogen) atoms. The first kappa shape index (κ1) is 65.9. The number of thioether (sulfide) groups is 2. The Morgan fingerprint density at radius 2 is 0.981 bits per heavy atom. The van der Waals surface area contributed by atoms with Crippen LogP contribution in [0.4, 0.5) is 0 Å². The first-order chi connectivity index (χ1) is 49.7. The summed E-state index contributed by atoms with van der Waals surface area (Å²) >= 11 is 3.34. The van der Waals surface area contributed by atoms with Gasteiger partial charge in [-0.15, -0.1) is 23.5 Å². The number of benzene rings is 6. The minimum atomic E-state index is -1.23. The molecule has 0 unspecified atom stereocenters. The first-order valence-electron chi connectivity index (χ1n) is 35.8. The Morgan fingerprint density at radius 3 is 1.46 bits per heavy atom. The summed E-state index contributed by atoms with van der Waals surface area (Å²) in [5, 5.41) is 57.7. The maximum atomic E-state index is 14.7. The lowest BCUT2D eigenvalue weighted by molar-refractivity contribution is -0.186. The van der Waals surface area contributed by atoms with E-state index >= 15 is 0 Å². The second kappa shape index (κ2) is 23.6. The molecule has 22 rings (SSSR count). The van der Waals surface area contributed by atoms with E-state index in [2.05, 4.69) is 89.1 Å². The minimum Gasteiger partial charge on any atom is -0.504 e. The van der Waals surface area contributed by atoms with Gasteiger partial charge in [-0.05, 0) is 162 Å². The summed E-state index contributed by atoms with van der Waals surface area (Å²) in [6.07, 6.45) is 0.725. The highest BCUT2D eigenvalue weighted by Gasteiger charge is 2.64. The molecule has 8 bridgehead atoms. The summed E-state index contributed by atoms with van der Waals surface area (Å²) < 4.78 is 62.3. The zero-order valence-electron chi connectivity index (χ0n) is 59.4. The minimum absolute atomic E-state index is 0.0206. The van der Waals surface area contributed by atoms with Gasteiger partial charge in [0.1, 0.15) is 48.4 Å². The molecule has 4 saturated heterocycles. The number of aliphatic hydroxyl groups excluding tert-OH is 2. The number of carbonyl (C=O) groups excluding carboxylic acids is 2. The molecule has 0 radical (unpaired) electrons. The third-order valence-electron chi connectivity index (χ3n) is 25.5. The summed E-state index contributed by atoms with van der Waals surface area (Å²) in [6.45, 7) is 15.7. The number of para-hydroxylation sites is 1. The molecular weight excluding hydrogens is 1350 g/mol. The molecule has 2 aromatic heterocycles. The van der Waals surface area contributed by atoms with E-state index in [0.29, 0.717) is 83.5 Å². The summed E-state index contributed by atoms with van der Waals surface area (Å²) in [5.74, 6) is 4.97. The molecule has 8 aromatic rings. The second-order valence-corrected chi connectivity index (χ2v) is 32.5. The van der Waals surface area contributed by atoms with Crippen molar-refractivity contribution in [1.82, 2.24) is 30.2 Å². The number of aliphatic hydroxyl groups is 2. The molecule has 6 aromatic carbocycles. The van der Waals surface area contributed by atoms with Gasteiger partial charge in [-0.3, -0.25) is 30.2 Å². The summed E-state index contributed by atoms with van der Waals surface area (Å²) in [5.41, 5.74) is 15.8. The number of likely N-dealkylation sites (N-methyl/N-ethyl adjacent to an activating group) is 2. The maximum absolute atomic E-state index is 14.7. The van der Waals surface area contributed by atoms with Crippen LogP contribution in [0.3, 0.4) is 0 Å². The number of hydrogen-bond acceptors (Lipinski definition) is 24. The number of methoxy groups -OCH3 is 2. The average molecular weight is 1440 g/mol. The molecule has 24 heteroatoms. The van der Waals surface area contributed by atoms with Crippen molar-refractivity contribution in [2.75, 3.05) is 79.7 Å². The van der Waals surface area contributed by atoms with Gasteiger partial charge in [0.15, 0.2) is 57.1 Å². The topological polar surface area (TPSA) is 252 Å². The standard InChI is InChI=1S/C40H43N3O8S.C39H41N3O8S/c1-17-7-8-26-23(11-17)22-9-10-41-40(37(22)51-26)15-52-36-27-19(3)20(4)34-35(50-16-49-34)29(27)25(14-48-39(40)46)43-31(36)30-28-21(13-24(38(43)45)42(30)5)12-18(2)33(47-6)32(28)44;1-17-12-20-13-23-37(44)42-24-14-47-38(45)39(36-22(10-11-40-39)21-8-6-7-9-25(21)50-36)15-51-35(26-18(2)19(3)33-34(28(24)26)49-16-48-33)30(42)29(41(23)4)27(20)31(43)32(17)46-5/h7-8,11-12,24-25,30-31,36,38,41,44-45H,9-10,13-16H2,1-6H3;6-9,12,23-24,29-30,35,37,40,43-44H,10-11,13-16H2,1-5H3/t24-,25-,30+,31+,36+,38-,40+;23-,24-,29+,30+,35+,37-,39+/m00/s1. The van der Waals surface area contributed by atoms with Crippen molar-refractivity contribution in [2.24, 2.45) is 0 Å². The van der Waals surface area contributed by atoms with Gasteiger partial charge in [-0.2, -0.15) is 0 Å². The van der Waals surface area contributed by atoms with Gasteiger partial charge < -0.3 is 67.2 Å². The third kappa shape index (κ3) is 8.87. The molecular formula is C79H84N6O16S2. The highest BCUT2D eigenvalue weighted by molar-refractivity contribution is 7.99. The van der Waals surface area contributed by atoms with Crippen LogP contribution in [-0.2, 0) is 55.8 Å². The summed E-state index contributed by atoms with van der Waals surface area (Å²) in [6, 6.07) is 15.3. The van der Waals surface area contributed by atoms with Gasteiger partial charge in [0.2, 0.25) is 13.6 Å². The fourth-order valence-electron chi connectivity index (χ4n) is 20.6. The van der Waals surface area contributed by atoms with Crippen molar-refractivity contribution in [2.45, 2.75) is 157 Å². The average Bonchev–Trinajstić information content (AvgIpc) is 1.39. The van der Waals surface area contributed by atoms with E-state index in [9.17, 15) is 30.0 Å². The highest BCUT2D eigenvalue weighted by Crippen LogP contribution is 2.66. The predicted molar refractivity (Wildman–Crippen MR) is 384 cm³/mol. The fourth-order valence-corrected chi connectivity index (χ4v) is 24.1. The van der Waals surface area contributed by atoms with Crippen LogP contribution >= 0.6 is 23.5 Å². The van der Waals surface area contributed by atoms with E-state index < -0.39 is 47.6 Å². The molecule has 0 amide bonds. The van der Waals surface area contributed by atoms with Crippen LogP contribution in [0.1, 0.15) is 141 Å². The van der Waals surface area contributed by atoms with Crippen LogP contribution < -0.4 is 39.1 Å². The maximum Gasteiger partial charge on any atom is 0.335 e. The molecule has 16 heterocycles. The number of aryl methyl sites for hydroxylation is 3. The first-order valence-corrected chi connectivity index (χ1v) is 37.9. The Morgan fingerprint density at radius 1 is 0.534 bits per heavy atom. The van der Waals surface area contributed by atoms with Gasteiger partial charge >= 0.3 is 11.9 Å². The normalized spacial score (nSPS) is 30.7. The Bertz CT molecular complexity index is 5000. The summed E-state index contributed by atoms with van der Waals surface area (Å²) in [7, 11) is 7.27.